The summed E-state index contributed by atoms with van der Waals surface area (Å²) in [5, 5.41) is 9.65. The molecular formula is C15H23NO2S. The molecule has 1 aliphatic carbocycles. The third-order valence-corrected chi connectivity index (χ3v) is 4.85. The number of carboxylic acids is 1. The second-order valence-corrected chi connectivity index (χ2v) is 6.54. The van der Waals surface area contributed by atoms with Crippen LogP contribution in [0.2, 0.25) is 0 Å². The van der Waals surface area contributed by atoms with Crippen LogP contribution in [0.3, 0.4) is 0 Å². The van der Waals surface area contributed by atoms with Gasteiger partial charge in [-0.1, -0.05) is 38.5 Å². The second kappa shape index (κ2) is 7.63. The minimum absolute atomic E-state index is 0.0810. The van der Waals surface area contributed by atoms with Gasteiger partial charge in [-0.15, -0.1) is 11.3 Å². The molecule has 0 aromatic carbocycles. The van der Waals surface area contributed by atoms with Gasteiger partial charge >= 0.3 is 5.97 Å². The zero-order valence-electron chi connectivity index (χ0n) is 11.5. The van der Waals surface area contributed by atoms with Crippen LogP contribution < -0.4 is 0 Å². The predicted octanol–water partition coefficient (Wildman–Crippen LogP) is 3.99. The fourth-order valence-corrected chi connectivity index (χ4v) is 3.82. The van der Waals surface area contributed by atoms with E-state index in [9.17, 15) is 4.79 Å². The summed E-state index contributed by atoms with van der Waals surface area (Å²) in [6.07, 6.45) is 12.6. The molecular weight excluding hydrogens is 258 g/mol. The maximum atomic E-state index is 10.8. The molecule has 0 saturated heterocycles. The van der Waals surface area contributed by atoms with Gasteiger partial charge in [0.25, 0.3) is 0 Å². The van der Waals surface area contributed by atoms with Crippen LogP contribution in [0.4, 0.5) is 0 Å². The molecule has 0 atom stereocenters. The van der Waals surface area contributed by atoms with Crippen molar-refractivity contribution < 1.29 is 9.90 Å². The Balaban J connectivity index is 2.04. The minimum atomic E-state index is -0.773. The normalized spacial score (nSPS) is 18.1. The van der Waals surface area contributed by atoms with Crippen molar-refractivity contribution >= 4 is 17.3 Å². The highest BCUT2D eigenvalue weighted by atomic mass is 32.1. The maximum absolute atomic E-state index is 10.8. The number of aliphatic carboxylic acids is 1. The van der Waals surface area contributed by atoms with E-state index in [4.69, 9.17) is 5.11 Å². The van der Waals surface area contributed by atoms with E-state index in [1.54, 1.807) is 11.3 Å². The van der Waals surface area contributed by atoms with Gasteiger partial charge in [0.05, 0.1) is 12.1 Å². The van der Waals surface area contributed by atoms with Crippen LogP contribution in [0.5, 0.6) is 0 Å². The molecule has 0 amide bonds. The quantitative estimate of drug-likeness (QED) is 0.891. The largest absolute Gasteiger partial charge is 0.481 e. The molecule has 1 aromatic rings. The molecule has 1 aliphatic rings. The van der Waals surface area contributed by atoms with Gasteiger partial charge in [0.2, 0.25) is 0 Å². The average Bonchev–Trinajstić information content (AvgIpc) is 2.70. The maximum Gasteiger partial charge on any atom is 0.310 e. The van der Waals surface area contributed by atoms with E-state index in [1.165, 1.54) is 61.9 Å². The summed E-state index contributed by atoms with van der Waals surface area (Å²) < 4.78 is 0. The van der Waals surface area contributed by atoms with Crippen molar-refractivity contribution in [3.05, 3.63) is 15.6 Å². The van der Waals surface area contributed by atoms with E-state index in [1.807, 2.05) is 0 Å². The Kier molecular flexibility index (Phi) is 5.83. The van der Waals surface area contributed by atoms with Crippen LogP contribution in [-0.2, 0) is 24.1 Å². The standard InChI is InChI=1S/C15H23NO2S/c17-15(18)11-14-16-12-9-7-5-3-1-2-4-6-8-10-13(12)19-14/h1-11H2,(H,17,18). The molecule has 0 fully saturated rings. The Bertz CT molecular complexity index is 385. The second-order valence-electron chi connectivity index (χ2n) is 5.38. The van der Waals surface area contributed by atoms with Gasteiger partial charge < -0.3 is 5.11 Å². The molecule has 2 rings (SSSR count). The molecule has 0 bridgehead atoms. The highest BCUT2D eigenvalue weighted by Gasteiger charge is 2.13. The average molecular weight is 281 g/mol. The first-order valence-corrected chi connectivity index (χ1v) is 8.26. The van der Waals surface area contributed by atoms with Crippen molar-refractivity contribution in [1.82, 2.24) is 4.98 Å². The first-order valence-electron chi connectivity index (χ1n) is 7.45. The first kappa shape index (κ1) is 14.5. The SMILES string of the molecule is O=C(O)Cc1nc2c(s1)CCCCCCCCCC2. The molecule has 0 spiro atoms. The molecule has 0 unspecified atom stereocenters. The molecule has 1 aromatic heterocycles. The van der Waals surface area contributed by atoms with Crippen molar-refractivity contribution in [2.75, 3.05) is 0 Å². The van der Waals surface area contributed by atoms with Gasteiger partial charge in [-0.3, -0.25) is 4.79 Å². The van der Waals surface area contributed by atoms with E-state index in [0.29, 0.717) is 0 Å². The summed E-state index contributed by atoms with van der Waals surface area (Å²) in [5.41, 5.74) is 1.18. The zero-order chi connectivity index (χ0) is 13.5. The minimum Gasteiger partial charge on any atom is -0.481 e. The molecule has 1 heterocycles. The number of nitrogens with zero attached hydrogens (tertiary/aromatic N) is 1. The number of carbonyl (C=O) groups is 1. The Labute approximate surface area is 119 Å². The lowest BCUT2D eigenvalue weighted by Crippen LogP contribution is -1.99. The third-order valence-electron chi connectivity index (χ3n) is 3.69. The van der Waals surface area contributed by atoms with Crippen LogP contribution in [0.1, 0.15) is 66.9 Å². The lowest BCUT2D eigenvalue weighted by atomic mass is 10.0. The summed E-state index contributed by atoms with van der Waals surface area (Å²) in [5.74, 6) is -0.773. The predicted molar refractivity (Wildman–Crippen MR) is 77.8 cm³/mol. The van der Waals surface area contributed by atoms with Gasteiger partial charge in [0.1, 0.15) is 5.01 Å². The number of carboxylic acid groups (broad SMARTS) is 1. The molecule has 3 nitrogen and oxygen atoms in total. The highest BCUT2D eigenvalue weighted by Crippen LogP contribution is 2.24. The summed E-state index contributed by atoms with van der Waals surface area (Å²) in [6.45, 7) is 0. The van der Waals surface area contributed by atoms with E-state index in [-0.39, 0.29) is 6.42 Å². The smallest absolute Gasteiger partial charge is 0.310 e. The third kappa shape index (κ3) is 4.94. The number of hydrogen-bond donors (Lipinski definition) is 1. The Morgan fingerprint density at radius 1 is 1.00 bits per heavy atom. The molecule has 19 heavy (non-hydrogen) atoms. The summed E-state index contributed by atoms with van der Waals surface area (Å²) in [7, 11) is 0. The van der Waals surface area contributed by atoms with Gasteiger partial charge in [0.15, 0.2) is 0 Å². The van der Waals surface area contributed by atoms with Gasteiger partial charge in [-0.25, -0.2) is 4.98 Å². The lowest BCUT2D eigenvalue weighted by Gasteiger charge is -2.06. The van der Waals surface area contributed by atoms with Crippen LogP contribution in [0, 0.1) is 0 Å². The van der Waals surface area contributed by atoms with E-state index < -0.39 is 5.97 Å². The number of aromatic nitrogens is 1. The fraction of sp³-hybridized carbons (Fsp3) is 0.733. The summed E-state index contributed by atoms with van der Waals surface area (Å²) >= 11 is 1.62. The Morgan fingerprint density at radius 3 is 2.21 bits per heavy atom. The van der Waals surface area contributed by atoms with E-state index >= 15 is 0 Å². The lowest BCUT2D eigenvalue weighted by molar-refractivity contribution is -0.136. The van der Waals surface area contributed by atoms with Crippen molar-refractivity contribution in [2.45, 2.75) is 70.6 Å². The molecule has 0 radical (unpaired) electrons. The molecule has 0 saturated carbocycles. The zero-order valence-corrected chi connectivity index (χ0v) is 12.3. The number of hydrogen-bond acceptors (Lipinski definition) is 3. The van der Waals surface area contributed by atoms with Crippen molar-refractivity contribution in [2.24, 2.45) is 0 Å². The number of aryl methyl sites for hydroxylation is 2. The van der Waals surface area contributed by atoms with Crippen molar-refractivity contribution in [3.63, 3.8) is 0 Å². The van der Waals surface area contributed by atoms with Crippen LogP contribution in [0.15, 0.2) is 0 Å². The monoisotopic (exact) mass is 281 g/mol. The number of rotatable bonds is 2. The topological polar surface area (TPSA) is 50.2 Å². The van der Waals surface area contributed by atoms with Crippen LogP contribution in [0.25, 0.3) is 0 Å². The molecule has 4 heteroatoms. The van der Waals surface area contributed by atoms with Crippen molar-refractivity contribution in [3.8, 4) is 0 Å². The van der Waals surface area contributed by atoms with Crippen LogP contribution >= 0.6 is 11.3 Å². The molecule has 0 aliphatic heterocycles. The number of fused-ring (bicyclic) bond motifs is 1. The van der Waals surface area contributed by atoms with Gasteiger partial charge in [-0.05, 0) is 25.7 Å². The van der Waals surface area contributed by atoms with Gasteiger partial charge in [0, 0.05) is 4.88 Å². The van der Waals surface area contributed by atoms with Crippen molar-refractivity contribution in [1.29, 1.82) is 0 Å². The molecule has 1 N–H and O–H groups in total. The van der Waals surface area contributed by atoms with E-state index in [0.717, 1.165) is 17.8 Å². The summed E-state index contributed by atoms with van der Waals surface area (Å²) in [4.78, 5) is 16.7. The van der Waals surface area contributed by atoms with E-state index in [2.05, 4.69) is 4.98 Å². The fourth-order valence-electron chi connectivity index (χ4n) is 2.67. The molecule has 106 valence electrons. The first-order chi connectivity index (χ1) is 9.25. The Hall–Kier alpha value is -0.900. The number of thiazole rings is 1. The van der Waals surface area contributed by atoms with Crippen LogP contribution in [-0.4, -0.2) is 16.1 Å². The Morgan fingerprint density at radius 2 is 1.58 bits per heavy atom. The summed E-state index contributed by atoms with van der Waals surface area (Å²) in [6, 6.07) is 0. The van der Waals surface area contributed by atoms with Gasteiger partial charge in [-0.2, -0.15) is 0 Å². The highest BCUT2D eigenvalue weighted by molar-refractivity contribution is 7.11.